The minimum atomic E-state index is -0.175. The van der Waals surface area contributed by atoms with Crippen LogP contribution in [0.15, 0.2) is 54.9 Å². The third-order valence-electron chi connectivity index (χ3n) is 4.55. The van der Waals surface area contributed by atoms with Crippen molar-refractivity contribution < 1.29 is 14.2 Å². The Hall–Kier alpha value is -3.48. The molecule has 7 heteroatoms. The Kier molecular flexibility index (Phi) is 4.42. The third kappa shape index (κ3) is 3.08. The second kappa shape index (κ2) is 7.03. The summed E-state index contributed by atoms with van der Waals surface area (Å²) in [6.45, 7) is 0. The van der Waals surface area contributed by atoms with Gasteiger partial charge >= 0.3 is 0 Å². The molecule has 4 rings (SSSR count). The predicted molar refractivity (Wildman–Crippen MR) is 102 cm³/mol. The topological polar surface area (TPSA) is 70.4 Å². The van der Waals surface area contributed by atoms with Gasteiger partial charge in [-0.15, -0.1) is 0 Å². The Balaban J connectivity index is 1.82. The lowest BCUT2D eigenvalue weighted by molar-refractivity contribution is 0.387. The van der Waals surface area contributed by atoms with Gasteiger partial charge in [-0.05, 0) is 30.3 Å². The van der Waals surface area contributed by atoms with E-state index in [1.165, 1.54) is 6.33 Å². The van der Waals surface area contributed by atoms with Gasteiger partial charge in [-0.25, -0.2) is 4.68 Å². The van der Waals surface area contributed by atoms with E-state index in [9.17, 15) is 0 Å². The molecule has 138 valence electrons. The highest BCUT2D eigenvalue weighted by Gasteiger charge is 2.26. The van der Waals surface area contributed by atoms with E-state index in [0.29, 0.717) is 5.95 Å². The predicted octanol–water partition coefficient (Wildman–Crippen LogP) is 3.36. The second-order valence-electron chi connectivity index (χ2n) is 6.02. The molecule has 0 saturated carbocycles. The molecule has 27 heavy (non-hydrogen) atoms. The van der Waals surface area contributed by atoms with E-state index >= 15 is 0 Å². The van der Waals surface area contributed by atoms with Crippen LogP contribution in [0, 0.1) is 0 Å². The number of aromatic nitrogens is 3. The normalized spacial score (nSPS) is 15.4. The number of ether oxygens (including phenoxy) is 3. The fourth-order valence-electron chi connectivity index (χ4n) is 3.18. The van der Waals surface area contributed by atoms with Crippen LogP contribution < -0.4 is 19.5 Å². The van der Waals surface area contributed by atoms with Gasteiger partial charge in [0.1, 0.15) is 29.6 Å². The number of nitrogens with zero attached hydrogens (tertiary/aromatic N) is 3. The molecule has 0 bridgehead atoms. The zero-order valence-electron chi connectivity index (χ0n) is 15.3. The van der Waals surface area contributed by atoms with Gasteiger partial charge in [0.2, 0.25) is 5.95 Å². The third-order valence-corrected chi connectivity index (χ3v) is 4.55. The molecule has 7 nitrogen and oxygen atoms in total. The standard InChI is InChI=1S/C20H20N4O3/c1-25-14-6-4-5-13(9-14)17-11-18(24-20(23-17)21-12-22-24)16-8-7-15(26-2)10-19(16)27-3/h4-12,18H,1-3H3,(H,21,22,23)/t18-/m1/s1. The molecule has 3 aromatic rings. The Morgan fingerprint density at radius 1 is 0.963 bits per heavy atom. The Bertz CT molecular complexity index is 996. The van der Waals surface area contributed by atoms with E-state index in [4.69, 9.17) is 14.2 Å². The van der Waals surface area contributed by atoms with Gasteiger partial charge < -0.3 is 19.5 Å². The lowest BCUT2D eigenvalue weighted by atomic mass is 10.0. The number of nitrogens with one attached hydrogen (secondary N) is 1. The van der Waals surface area contributed by atoms with E-state index in [1.807, 2.05) is 47.1 Å². The summed E-state index contributed by atoms with van der Waals surface area (Å²) in [5, 5.41) is 7.72. The highest BCUT2D eigenvalue weighted by molar-refractivity contribution is 5.77. The van der Waals surface area contributed by atoms with Crippen molar-refractivity contribution in [2.45, 2.75) is 6.04 Å². The molecule has 1 aliphatic rings. The molecule has 0 radical (unpaired) electrons. The van der Waals surface area contributed by atoms with Crippen LogP contribution in [0.5, 0.6) is 17.2 Å². The van der Waals surface area contributed by atoms with E-state index < -0.39 is 0 Å². The van der Waals surface area contributed by atoms with Crippen molar-refractivity contribution in [1.82, 2.24) is 14.8 Å². The fraction of sp³-hybridized carbons (Fsp3) is 0.200. The van der Waals surface area contributed by atoms with Crippen molar-refractivity contribution in [3.05, 3.63) is 66.0 Å². The first-order chi connectivity index (χ1) is 13.2. The van der Waals surface area contributed by atoms with Gasteiger partial charge in [-0.1, -0.05) is 12.1 Å². The van der Waals surface area contributed by atoms with Gasteiger partial charge in [0.05, 0.1) is 21.3 Å². The van der Waals surface area contributed by atoms with Crippen LogP contribution in [-0.2, 0) is 0 Å². The number of rotatable bonds is 5. The number of benzene rings is 2. The summed E-state index contributed by atoms with van der Waals surface area (Å²) in [4.78, 5) is 4.34. The molecular formula is C20H20N4O3. The minimum Gasteiger partial charge on any atom is -0.497 e. The molecule has 0 unspecified atom stereocenters. The lowest BCUT2D eigenvalue weighted by Crippen LogP contribution is -2.20. The molecule has 0 aliphatic carbocycles. The van der Waals surface area contributed by atoms with Crippen molar-refractivity contribution in [1.29, 1.82) is 0 Å². The van der Waals surface area contributed by atoms with Gasteiger partial charge in [-0.3, -0.25) is 0 Å². The van der Waals surface area contributed by atoms with Crippen LogP contribution in [0.4, 0.5) is 5.95 Å². The molecule has 2 heterocycles. The maximum absolute atomic E-state index is 5.60. The minimum absolute atomic E-state index is 0.175. The zero-order valence-corrected chi connectivity index (χ0v) is 15.3. The van der Waals surface area contributed by atoms with E-state index in [-0.39, 0.29) is 6.04 Å². The molecule has 2 aromatic carbocycles. The highest BCUT2D eigenvalue weighted by atomic mass is 16.5. The average molecular weight is 364 g/mol. The van der Waals surface area contributed by atoms with Crippen LogP contribution in [0.3, 0.4) is 0 Å². The molecule has 1 aliphatic heterocycles. The molecular weight excluding hydrogens is 344 g/mol. The first-order valence-corrected chi connectivity index (χ1v) is 8.48. The monoisotopic (exact) mass is 364 g/mol. The second-order valence-corrected chi connectivity index (χ2v) is 6.02. The summed E-state index contributed by atoms with van der Waals surface area (Å²) >= 11 is 0. The molecule has 1 atom stereocenters. The smallest absolute Gasteiger partial charge is 0.226 e. The van der Waals surface area contributed by atoms with E-state index in [0.717, 1.165) is 34.1 Å². The van der Waals surface area contributed by atoms with Crippen LogP contribution in [0.25, 0.3) is 5.70 Å². The number of methoxy groups -OCH3 is 3. The maximum Gasteiger partial charge on any atom is 0.226 e. The molecule has 0 saturated heterocycles. The summed E-state index contributed by atoms with van der Waals surface area (Å²) in [5.41, 5.74) is 2.89. The number of anilines is 1. The largest absolute Gasteiger partial charge is 0.497 e. The Morgan fingerprint density at radius 3 is 2.56 bits per heavy atom. The molecule has 1 N–H and O–H groups in total. The van der Waals surface area contributed by atoms with E-state index in [2.05, 4.69) is 21.5 Å². The van der Waals surface area contributed by atoms with Gasteiger partial charge in [0.25, 0.3) is 0 Å². The Labute approximate surface area is 157 Å². The van der Waals surface area contributed by atoms with Gasteiger partial charge in [0, 0.05) is 22.9 Å². The maximum atomic E-state index is 5.60. The summed E-state index contributed by atoms with van der Waals surface area (Å²) < 4.78 is 18.1. The van der Waals surface area contributed by atoms with Crippen molar-refractivity contribution in [2.24, 2.45) is 0 Å². The first-order valence-electron chi connectivity index (χ1n) is 8.48. The quantitative estimate of drug-likeness (QED) is 0.749. The van der Waals surface area contributed by atoms with Crippen LogP contribution >= 0.6 is 0 Å². The SMILES string of the molecule is COc1cccc(C2=C[C@H](c3ccc(OC)cc3OC)n3ncnc3N2)c1. The van der Waals surface area contributed by atoms with Crippen LogP contribution in [0.2, 0.25) is 0 Å². The summed E-state index contributed by atoms with van der Waals surface area (Å²) in [5.74, 6) is 2.92. The van der Waals surface area contributed by atoms with Crippen molar-refractivity contribution in [2.75, 3.05) is 26.6 Å². The van der Waals surface area contributed by atoms with E-state index in [1.54, 1.807) is 21.3 Å². The van der Waals surface area contributed by atoms with Crippen molar-refractivity contribution in [3.8, 4) is 17.2 Å². The summed E-state index contributed by atoms with van der Waals surface area (Å²) in [6.07, 6.45) is 3.63. The van der Waals surface area contributed by atoms with Crippen LogP contribution in [-0.4, -0.2) is 36.1 Å². The summed E-state index contributed by atoms with van der Waals surface area (Å²) in [6, 6.07) is 13.5. The van der Waals surface area contributed by atoms with Crippen molar-refractivity contribution in [3.63, 3.8) is 0 Å². The van der Waals surface area contributed by atoms with Gasteiger partial charge in [0.15, 0.2) is 0 Å². The number of allylic oxidation sites excluding steroid dienone is 1. The number of hydrogen-bond donors (Lipinski definition) is 1. The molecule has 0 fully saturated rings. The number of fused-ring (bicyclic) bond motifs is 1. The fourth-order valence-corrected chi connectivity index (χ4v) is 3.18. The van der Waals surface area contributed by atoms with Crippen LogP contribution in [0.1, 0.15) is 17.2 Å². The Morgan fingerprint density at radius 2 is 1.78 bits per heavy atom. The van der Waals surface area contributed by atoms with Crippen molar-refractivity contribution >= 4 is 11.6 Å². The lowest BCUT2D eigenvalue weighted by Gasteiger charge is -2.25. The zero-order chi connectivity index (χ0) is 18.8. The average Bonchev–Trinajstić information content (AvgIpc) is 3.21. The summed E-state index contributed by atoms with van der Waals surface area (Å²) in [7, 11) is 4.94. The molecule has 1 aromatic heterocycles. The number of hydrogen-bond acceptors (Lipinski definition) is 6. The highest BCUT2D eigenvalue weighted by Crippen LogP contribution is 2.37. The first kappa shape index (κ1) is 17.0. The molecule has 0 spiro atoms. The molecule has 0 amide bonds. The van der Waals surface area contributed by atoms with Gasteiger partial charge in [-0.2, -0.15) is 10.1 Å².